The van der Waals surface area contributed by atoms with Crippen LogP contribution in [-0.4, -0.2) is 35.6 Å². The summed E-state index contributed by atoms with van der Waals surface area (Å²) in [5, 5.41) is 4.14. The third-order valence-corrected chi connectivity index (χ3v) is 4.96. The molecule has 1 heterocycles. The minimum Gasteiger partial charge on any atom is -0.361 e. The van der Waals surface area contributed by atoms with Crippen LogP contribution in [0.4, 0.5) is 0 Å². The largest absolute Gasteiger partial charge is 0.361 e. The summed E-state index contributed by atoms with van der Waals surface area (Å²) in [7, 11) is 1.84. The van der Waals surface area contributed by atoms with Gasteiger partial charge in [-0.05, 0) is 18.8 Å². The molecule has 6 heteroatoms. The molecule has 150 valence electrons. The SMILES string of the molecule is CCC(C)C(N)C(=O)N(C)CCCCCc1cc(-c2ccccc2)no1.Cl. The van der Waals surface area contributed by atoms with Gasteiger partial charge < -0.3 is 15.2 Å². The number of hydrogen-bond donors (Lipinski definition) is 1. The molecule has 2 unspecified atom stereocenters. The van der Waals surface area contributed by atoms with Crippen molar-refractivity contribution in [2.75, 3.05) is 13.6 Å². The highest BCUT2D eigenvalue weighted by molar-refractivity contribution is 5.85. The number of unbranched alkanes of at least 4 members (excludes halogenated alkanes) is 2. The van der Waals surface area contributed by atoms with E-state index >= 15 is 0 Å². The van der Waals surface area contributed by atoms with Crippen LogP contribution in [0, 0.1) is 5.92 Å². The van der Waals surface area contributed by atoms with Crippen LogP contribution in [0.5, 0.6) is 0 Å². The lowest BCUT2D eigenvalue weighted by Gasteiger charge is -2.24. The topological polar surface area (TPSA) is 72.4 Å². The standard InChI is InChI=1S/C21H31N3O2.ClH/c1-4-16(2)20(22)21(25)24(3)14-10-6-9-13-18-15-19(23-26-18)17-11-7-5-8-12-17;/h5,7-8,11-12,15-16,20H,4,6,9-10,13-14,22H2,1-3H3;1H. The molecule has 0 aliphatic heterocycles. The van der Waals surface area contributed by atoms with Crippen LogP contribution in [0.15, 0.2) is 40.9 Å². The van der Waals surface area contributed by atoms with Gasteiger partial charge in [-0.1, -0.05) is 62.2 Å². The number of likely N-dealkylation sites (N-methyl/N-ethyl adjacent to an activating group) is 1. The number of carbonyl (C=O) groups is 1. The first kappa shape index (κ1) is 23.2. The molecular weight excluding hydrogens is 362 g/mol. The highest BCUT2D eigenvalue weighted by Crippen LogP contribution is 2.19. The number of halogens is 1. The maximum Gasteiger partial charge on any atom is 0.239 e. The molecule has 0 saturated carbocycles. The Morgan fingerprint density at radius 3 is 2.59 bits per heavy atom. The quantitative estimate of drug-likeness (QED) is 0.610. The highest BCUT2D eigenvalue weighted by atomic mass is 35.5. The Balaban J connectivity index is 0.00000364. The molecule has 0 bridgehead atoms. The maximum absolute atomic E-state index is 12.2. The van der Waals surface area contributed by atoms with Crippen molar-refractivity contribution in [1.82, 2.24) is 10.1 Å². The monoisotopic (exact) mass is 393 g/mol. The molecule has 1 aromatic carbocycles. The van der Waals surface area contributed by atoms with Gasteiger partial charge in [-0.25, -0.2) is 0 Å². The zero-order valence-corrected chi connectivity index (χ0v) is 17.4. The third kappa shape index (κ3) is 7.00. The fourth-order valence-corrected chi connectivity index (χ4v) is 2.86. The number of aromatic nitrogens is 1. The first-order valence-electron chi connectivity index (χ1n) is 9.54. The molecule has 2 aromatic rings. The van der Waals surface area contributed by atoms with Crippen molar-refractivity contribution in [1.29, 1.82) is 0 Å². The average Bonchev–Trinajstić information content (AvgIpc) is 3.15. The van der Waals surface area contributed by atoms with Gasteiger partial charge in [0.15, 0.2) is 0 Å². The van der Waals surface area contributed by atoms with E-state index in [0.29, 0.717) is 0 Å². The molecule has 0 saturated heterocycles. The van der Waals surface area contributed by atoms with Crippen LogP contribution in [-0.2, 0) is 11.2 Å². The van der Waals surface area contributed by atoms with Crippen LogP contribution >= 0.6 is 12.4 Å². The predicted molar refractivity (Wildman–Crippen MR) is 112 cm³/mol. The second-order valence-corrected chi connectivity index (χ2v) is 7.03. The average molecular weight is 394 g/mol. The molecule has 0 aliphatic rings. The van der Waals surface area contributed by atoms with Crippen molar-refractivity contribution in [2.45, 2.75) is 52.0 Å². The molecule has 1 amide bonds. The number of benzene rings is 1. The Kier molecular flexibility index (Phi) is 10.1. The first-order chi connectivity index (χ1) is 12.5. The fourth-order valence-electron chi connectivity index (χ4n) is 2.86. The van der Waals surface area contributed by atoms with Gasteiger partial charge in [-0.2, -0.15) is 0 Å². The van der Waals surface area contributed by atoms with E-state index in [1.807, 2.05) is 50.4 Å². The number of nitrogens with zero attached hydrogens (tertiary/aromatic N) is 2. The maximum atomic E-state index is 12.2. The van der Waals surface area contributed by atoms with Gasteiger partial charge in [0, 0.05) is 31.6 Å². The highest BCUT2D eigenvalue weighted by Gasteiger charge is 2.22. The number of nitrogens with two attached hydrogens (primary N) is 1. The number of carbonyl (C=O) groups excluding carboxylic acids is 1. The van der Waals surface area contributed by atoms with E-state index in [4.69, 9.17) is 10.3 Å². The number of aryl methyl sites for hydroxylation is 1. The van der Waals surface area contributed by atoms with E-state index in [-0.39, 0.29) is 24.2 Å². The minimum absolute atomic E-state index is 0. The van der Waals surface area contributed by atoms with Crippen molar-refractivity contribution in [2.24, 2.45) is 11.7 Å². The summed E-state index contributed by atoms with van der Waals surface area (Å²) < 4.78 is 5.42. The lowest BCUT2D eigenvalue weighted by atomic mass is 9.99. The van der Waals surface area contributed by atoms with Crippen molar-refractivity contribution in [3.05, 3.63) is 42.2 Å². The first-order valence-corrected chi connectivity index (χ1v) is 9.54. The molecule has 1 aromatic heterocycles. The number of rotatable bonds is 10. The van der Waals surface area contributed by atoms with Gasteiger partial charge in [0.25, 0.3) is 0 Å². The Bertz CT molecular complexity index is 675. The predicted octanol–water partition coefficient (Wildman–Crippen LogP) is 4.31. The Morgan fingerprint density at radius 2 is 1.93 bits per heavy atom. The summed E-state index contributed by atoms with van der Waals surface area (Å²) in [4.78, 5) is 14.0. The molecule has 27 heavy (non-hydrogen) atoms. The van der Waals surface area contributed by atoms with E-state index in [1.165, 1.54) is 0 Å². The summed E-state index contributed by atoms with van der Waals surface area (Å²) in [5.41, 5.74) is 7.97. The smallest absolute Gasteiger partial charge is 0.239 e. The van der Waals surface area contributed by atoms with Gasteiger partial charge in [0.2, 0.25) is 5.91 Å². The van der Waals surface area contributed by atoms with Gasteiger partial charge in [-0.15, -0.1) is 12.4 Å². The Morgan fingerprint density at radius 1 is 1.22 bits per heavy atom. The van der Waals surface area contributed by atoms with Crippen LogP contribution in [0.1, 0.15) is 45.3 Å². The zero-order valence-electron chi connectivity index (χ0n) is 16.6. The Hall–Kier alpha value is -1.85. The lowest BCUT2D eigenvalue weighted by Crippen LogP contribution is -2.45. The normalized spacial score (nSPS) is 12.9. The summed E-state index contributed by atoms with van der Waals surface area (Å²) in [5.74, 6) is 1.17. The number of hydrogen-bond acceptors (Lipinski definition) is 4. The van der Waals surface area contributed by atoms with Crippen molar-refractivity contribution < 1.29 is 9.32 Å². The number of amides is 1. The van der Waals surface area contributed by atoms with Gasteiger partial charge >= 0.3 is 0 Å². The van der Waals surface area contributed by atoms with Crippen LogP contribution < -0.4 is 5.73 Å². The summed E-state index contributed by atoms with van der Waals surface area (Å²) >= 11 is 0. The van der Waals surface area contributed by atoms with Crippen LogP contribution in [0.2, 0.25) is 0 Å². The molecule has 2 atom stereocenters. The van der Waals surface area contributed by atoms with E-state index < -0.39 is 6.04 Å². The molecule has 0 fully saturated rings. The van der Waals surface area contributed by atoms with Crippen molar-refractivity contribution >= 4 is 18.3 Å². The fraction of sp³-hybridized carbons (Fsp3) is 0.524. The summed E-state index contributed by atoms with van der Waals surface area (Å²) in [6.07, 6.45) is 4.81. The molecule has 2 N–H and O–H groups in total. The van der Waals surface area contributed by atoms with Crippen LogP contribution in [0.3, 0.4) is 0 Å². The van der Waals surface area contributed by atoms with Crippen molar-refractivity contribution in [3.63, 3.8) is 0 Å². The van der Waals surface area contributed by atoms with E-state index in [1.54, 1.807) is 4.90 Å². The lowest BCUT2D eigenvalue weighted by molar-refractivity contribution is -0.132. The van der Waals surface area contributed by atoms with E-state index in [9.17, 15) is 4.79 Å². The molecule has 2 rings (SSSR count). The molecule has 0 radical (unpaired) electrons. The third-order valence-electron chi connectivity index (χ3n) is 4.96. The van der Waals surface area contributed by atoms with Gasteiger partial charge in [0.1, 0.15) is 11.5 Å². The van der Waals surface area contributed by atoms with Gasteiger partial charge in [-0.3, -0.25) is 4.79 Å². The molecule has 0 aliphatic carbocycles. The zero-order chi connectivity index (χ0) is 18.9. The second-order valence-electron chi connectivity index (χ2n) is 7.03. The van der Waals surface area contributed by atoms with E-state index in [2.05, 4.69) is 12.1 Å². The van der Waals surface area contributed by atoms with E-state index in [0.717, 1.165) is 55.7 Å². The summed E-state index contributed by atoms with van der Waals surface area (Å²) in [6, 6.07) is 11.6. The van der Waals surface area contributed by atoms with Crippen molar-refractivity contribution in [3.8, 4) is 11.3 Å². The van der Waals surface area contributed by atoms with Gasteiger partial charge in [0.05, 0.1) is 6.04 Å². The summed E-state index contributed by atoms with van der Waals surface area (Å²) in [6.45, 7) is 4.83. The molecular formula is C21H32ClN3O2. The molecule has 0 spiro atoms. The molecule has 5 nitrogen and oxygen atoms in total. The minimum atomic E-state index is -0.393. The Labute approximate surface area is 168 Å². The second kappa shape index (κ2) is 11.8. The van der Waals surface area contributed by atoms with Crippen LogP contribution in [0.25, 0.3) is 11.3 Å².